The zero-order valence-electron chi connectivity index (χ0n) is 10.8. The van der Waals surface area contributed by atoms with Crippen molar-refractivity contribution in [3.63, 3.8) is 0 Å². The monoisotopic (exact) mass is 344 g/mol. The Morgan fingerprint density at radius 3 is 2.84 bits per heavy atom. The zero-order valence-corrected chi connectivity index (χ0v) is 13.2. The van der Waals surface area contributed by atoms with E-state index in [1.54, 1.807) is 11.8 Å². The Morgan fingerprint density at radius 1 is 1.53 bits per heavy atom. The highest BCUT2D eigenvalue weighted by molar-refractivity contribution is 9.10. The normalized spacial score (nSPS) is 16.2. The topological polar surface area (TPSA) is 46.5 Å². The fourth-order valence-corrected chi connectivity index (χ4v) is 3.84. The number of carbonyl (C=O) groups is 1. The smallest absolute Gasteiger partial charge is 0.306 e. The van der Waals surface area contributed by atoms with Gasteiger partial charge >= 0.3 is 5.97 Å². The Kier molecular flexibility index (Phi) is 4.92. The van der Waals surface area contributed by atoms with Gasteiger partial charge in [-0.3, -0.25) is 4.79 Å². The van der Waals surface area contributed by atoms with Crippen LogP contribution in [0.15, 0.2) is 27.6 Å². The van der Waals surface area contributed by atoms with Gasteiger partial charge in [-0.25, -0.2) is 0 Å². The van der Waals surface area contributed by atoms with Gasteiger partial charge in [-0.1, -0.05) is 22.0 Å². The van der Waals surface area contributed by atoms with Gasteiger partial charge in [0.1, 0.15) is 0 Å². The van der Waals surface area contributed by atoms with Crippen molar-refractivity contribution in [3.05, 3.63) is 28.2 Å². The molecule has 1 aliphatic carbocycles. The average Bonchev–Trinajstić information content (AvgIpc) is 3.16. The number of esters is 1. The summed E-state index contributed by atoms with van der Waals surface area (Å²) < 4.78 is 5.75. The van der Waals surface area contributed by atoms with Crippen LogP contribution in [-0.2, 0) is 16.1 Å². The molecule has 1 saturated carbocycles. The molecule has 0 bridgehead atoms. The van der Waals surface area contributed by atoms with E-state index in [0.717, 1.165) is 33.5 Å². The summed E-state index contributed by atoms with van der Waals surface area (Å²) in [6.45, 7) is 0.0413. The highest BCUT2D eigenvalue weighted by Gasteiger charge is 2.44. The van der Waals surface area contributed by atoms with Crippen LogP contribution in [0.5, 0.6) is 0 Å². The number of hydrogen-bond donors (Lipinski definition) is 1. The molecule has 3 nitrogen and oxygen atoms in total. The van der Waals surface area contributed by atoms with E-state index in [4.69, 9.17) is 4.74 Å². The summed E-state index contributed by atoms with van der Waals surface area (Å²) in [5.41, 5.74) is 1.04. The second kappa shape index (κ2) is 6.29. The SMILES string of the molecule is COC(=O)CC1(CSc2cc(Br)ccc2CO)CC1. The van der Waals surface area contributed by atoms with E-state index in [9.17, 15) is 9.90 Å². The van der Waals surface area contributed by atoms with Gasteiger partial charge in [0.25, 0.3) is 0 Å². The van der Waals surface area contributed by atoms with Crippen LogP contribution in [-0.4, -0.2) is 23.9 Å². The van der Waals surface area contributed by atoms with Crippen LogP contribution in [0.1, 0.15) is 24.8 Å². The number of rotatable bonds is 6. The van der Waals surface area contributed by atoms with Crippen molar-refractivity contribution in [2.24, 2.45) is 5.41 Å². The minimum Gasteiger partial charge on any atom is -0.469 e. The summed E-state index contributed by atoms with van der Waals surface area (Å²) in [5, 5.41) is 9.34. The first kappa shape index (κ1) is 14.9. The molecule has 1 N–H and O–H groups in total. The number of ether oxygens (including phenoxy) is 1. The van der Waals surface area contributed by atoms with E-state index in [-0.39, 0.29) is 18.0 Å². The van der Waals surface area contributed by atoms with Crippen molar-refractivity contribution in [2.45, 2.75) is 30.8 Å². The molecule has 1 fully saturated rings. The van der Waals surface area contributed by atoms with E-state index in [1.807, 2.05) is 18.2 Å². The first-order valence-corrected chi connectivity index (χ1v) is 7.95. The molecular weight excluding hydrogens is 328 g/mol. The lowest BCUT2D eigenvalue weighted by atomic mass is 10.1. The summed E-state index contributed by atoms with van der Waals surface area (Å²) in [4.78, 5) is 12.5. The van der Waals surface area contributed by atoms with Gasteiger partial charge in [-0.2, -0.15) is 0 Å². The maximum atomic E-state index is 11.4. The van der Waals surface area contributed by atoms with Gasteiger partial charge in [0.2, 0.25) is 0 Å². The predicted molar refractivity (Wildman–Crippen MR) is 79.1 cm³/mol. The molecule has 0 aromatic heterocycles. The van der Waals surface area contributed by atoms with Crippen LogP contribution in [0.4, 0.5) is 0 Å². The summed E-state index contributed by atoms with van der Waals surface area (Å²) in [5.74, 6) is 0.765. The van der Waals surface area contributed by atoms with Crippen molar-refractivity contribution in [1.82, 2.24) is 0 Å². The summed E-state index contributed by atoms with van der Waals surface area (Å²) in [7, 11) is 1.43. The number of aliphatic hydroxyl groups excluding tert-OH is 1. The van der Waals surface area contributed by atoms with Crippen LogP contribution < -0.4 is 0 Å². The Hall–Kier alpha value is -0.520. The number of methoxy groups -OCH3 is 1. The van der Waals surface area contributed by atoms with Gasteiger partial charge in [0.05, 0.1) is 20.1 Å². The lowest BCUT2D eigenvalue weighted by Gasteiger charge is -2.14. The number of hydrogen-bond acceptors (Lipinski definition) is 4. The minimum atomic E-state index is -0.130. The van der Waals surface area contributed by atoms with Crippen LogP contribution in [0.3, 0.4) is 0 Å². The highest BCUT2D eigenvalue weighted by atomic mass is 79.9. The maximum Gasteiger partial charge on any atom is 0.306 e. The van der Waals surface area contributed by atoms with Crippen LogP contribution >= 0.6 is 27.7 Å². The molecule has 1 aromatic carbocycles. The highest BCUT2D eigenvalue weighted by Crippen LogP contribution is 2.52. The molecule has 1 aromatic rings. The first-order valence-electron chi connectivity index (χ1n) is 6.17. The maximum absolute atomic E-state index is 11.4. The predicted octanol–water partition coefficient (Wildman–Crippen LogP) is 3.38. The molecule has 104 valence electrons. The van der Waals surface area contributed by atoms with E-state index in [2.05, 4.69) is 15.9 Å². The summed E-state index contributed by atoms with van der Waals surface area (Å²) >= 11 is 5.15. The molecule has 0 heterocycles. The molecule has 19 heavy (non-hydrogen) atoms. The molecule has 0 spiro atoms. The fraction of sp³-hybridized carbons (Fsp3) is 0.500. The first-order chi connectivity index (χ1) is 9.08. The van der Waals surface area contributed by atoms with E-state index in [0.29, 0.717) is 6.42 Å². The van der Waals surface area contributed by atoms with Crippen molar-refractivity contribution in [2.75, 3.05) is 12.9 Å². The lowest BCUT2D eigenvalue weighted by Crippen LogP contribution is -2.13. The van der Waals surface area contributed by atoms with Crippen molar-refractivity contribution < 1.29 is 14.6 Å². The van der Waals surface area contributed by atoms with Gasteiger partial charge in [0.15, 0.2) is 0 Å². The number of thioether (sulfide) groups is 1. The minimum absolute atomic E-state index is 0.0413. The Balaban J connectivity index is 1.99. The van der Waals surface area contributed by atoms with Crippen LogP contribution in [0, 0.1) is 5.41 Å². The van der Waals surface area contributed by atoms with E-state index >= 15 is 0 Å². The van der Waals surface area contributed by atoms with Crippen molar-refractivity contribution >= 4 is 33.7 Å². The molecule has 5 heteroatoms. The molecule has 0 aliphatic heterocycles. The number of carbonyl (C=O) groups excluding carboxylic acids is 1. The third-order valence-corrected chi connectivity index (χ3v) is 5.38. The van der Waals surface area contributed by atoms with E-state index < -0.39 is 0 Å². The standard InChI is InChI=1S/C14H17BrO3S/c1-18-13(17)7-14(4-5-14)9-19-12-6-11(15)3-2-10(12)8-16/h2-3,6,16H,4-5,7-9H2,1H3. The number of benzene rings is 1. The quantitative estimate of drug-likeness (QED) is 0.634. The van der Waals surface area contributed by atoms with Gasteiger partial charge in [-0.05, 0) is 36.0 Å². The van der Waals surface area contributed by atoms with Crippen molar-refractivity contribution in [1.29, 1.82) is 0 Å². The summed E-state index contributed by atoms with van der Waals surface area (Å²) in [6.07, 6.45) is 2.66. The fourth-order valence-electron chi connectivity index (χ4n) is 1.95. The Morgan fingerprint density at radius 2 is 2.26 bits per heavy atom. The summed E-state index contributed by atoms with van der Waals surface area (Å²) in [6, 6.07) is 5.87. The average molecular weight is 345 g/mol. The van der Waals surface area contributed by atoms with Gasteiger partial charge < -0.3 is 9.84 Å². The lowest BCUT2D eigenvalue weighted by molar-refractivity contribution is -0.141. The third kappa shape index (κ3) is 3.97. The molecular formula is C14H17BrO3S. The Labute approximate surface area is 125 Å². The molecule has 0 unspecified atom stereocenters. The van der Waals surface area contributed by atoms with Crippen molar-refractivity contribution in [3.8, 4) is 0 Å². The second-order valence-electron chi connectivity index (χ2n) is 4.95. The Bertz CT molecular complexity index is 472. The number of halogens is 1. The molecule has 0 atom stereocenters. The molecule has 2 rings (SSSR count). The molecule has 0 amide bonds. The van der Waals surface area contributed by atoms with Crippen LogP contribution in [0.2, 0.25) is 0 Å². The van der Waals surface area contributed by atoms with Crippen LogP contribution in [0.25, 0.3) is 0 Å². The molecule has 0 radical (unpaired) electrons. The number of aliphatic hydroxyl groups is 1. The zero-order chi connectivity index (χ0) is 13.9. The molecule has 1 aliphatic rings. The largest absolute Gasteiger partial charge is 0.469 e. The van der Waals surface area contributed by atoms with Gasteiger partial charge in [0, 0.05) is 15.1 Å². The van der Waals surface area contributed by atoms with E-state index in [1.165, 1.54) is 7.11 Å². The third-order valence-electron chi connectivity index (χ3n) is 3.44. The van der Waals surface area contributed by atoms with Gasteiger partial charge in [-0.15, -0.1) is 11.8 Å². The molecule has 0 saturated heterocycles. The second-order valence-corrected chi connectivity index (χ2v) is 6.88.